The van der Waals surface area contributed by atoms with Crippen LogP contribution in [-0.2, 0) is 11.3 Å². The van der Waals surface area contributed by atoms with E-state index < -0.39 is 5.60 Å². The summed E-state index contributed by atoms with van der Waals surface area (Å²) in [6.45, 7) is 5.18. The number of carbonyl (C=O) groups is 1. The van der Waals surface area contributed by atoms with Crippen LogP contribution in [0.4, 0.5) is 0 Å². The van der Waals surface area contributed by atoms with Crippen molar-refractivity contribution in [1.29, 1.82) is 0 Å². The van der Waals surface area contributed by atoms with E-state index in [0.29, 0.717) is 6.54 Å². The molecule has 0 bridgehead atoms. The molecule has 0 atom stereocenters. The average molecular weight is 214 g/mol. The highest BCUT2D eigenvalue weighted by molar-refractivity contribution is 7.09. The minimum Gasteiger partial charge on any atom is -0.381 e. The zero-order chi connectivity index (χ0) is 10.8. The molecule has 0 aliphatic heterocycles. The van der Waals surface area contributed by atoms with Crippen LogP contribution in [-0.4, -0.2) is 21.6 Å². The fraction of sp³-hybridized carbons (Fsp3) is 0.556. The van der Waals surface area contributed by atoms with Gasteiger partial charge in [-0.25, -0.2) is 4.98 Å². The van der Waals surface area contributed by atoms with E-state index in [4.69, 9.17) is 0 Å². The first-order chi connectivity index (χ1) is 6.39. The molecular weight excluding hydrogens is 200 g/mol. The molecule has 1 heterocycles. The summed E-state index contributed by atoms with van der Waals surface area (Å²) in [6.07, 6.45) is 0. The fourth-order valence-corrected chi connectivity index (χ4v) is 1.49. The summed E-state index contributed by atoms with van der Waals surface area (Å²) in [6, 6.07) is 0. The molecular formula is C9H14N2O2S. The van der Waals surface area contributed by atoms with Gasteiger partial charge < -0.3 is 10.4 Å². The predicted octanol–water partition coefficient (Wildman–Crippen LogP) is 0.839. The van der Waals surface area contributed by atoms with Gasteiger partial charge >= 0.3 is 0 Å². The Bertz CT molecular complexity index is 328. The smallest absolute Gasteiger partial charge is 0.251 e. The Labute approximate surface area is 87.0 Å². The van der Waals surface area contributed by atoms with Crippen LogP contribution in [0.1, 0.15) is 24.5 Å². The third-order valence-electron chi connectivity index (χ3n) is 1.65. The van der Waals surface area contributed by atoms with Crippen molar-refractivity contribution in [3.63, 3.8) is 0 Å². The predicted molar refractivity (Wildman–Crippen MR) is 55.0 cm³/mol. The monoisotopic (exact) mass is 214 g/mol. The second kappa shape index (κ2) is 4.06. The Kier molecular flexibility index (Phi) is 3.23. The van der Waals surface area contributed by atoms with Crippen molar-refractivity contribution in [1.82, 2.24) is 10.3 Å². The van der Waals surface area contributed by atoms with Gasteiger partial charge in [0.05, 0.1) is 17.2 Å². The van der Waals surface area contributed by atoms with Gasteiger partial charge in [0.2, 0.25) is 0 Å². The lowest BCUT2D eigenvalue weighted by atomic mass is 10.1. The number of amides is 1. The van der Waals surface area contributed by atoms with Crippen molar-refractivity contribution in [2.75, 3.05) is 0 Å². The van der Waals surface area contributed by atoms with Crippen molar-refractivity contribution in [2.24, 2.45) is 0 Å². The van der Waals surface area contributed by atoms with Gasteiger partial charge in [0.25, 0.3) is 5.91 Å². The standard InChI is InChI=1S/C9H14N2O2S/c1-6-11-7(5-14-6)4-10-8(12)9(2,3)13/h5,13H,4H2,1-3H3,(H,10,12). The molecule has 1 aromatic heterocycles. The Morgan fingerprint density at radius 2 is 2.36 bits per heavy atom. The quantitative estimate of drug-likeness (QED) is 0.783. The number of aliphatic hydroxyl groups is 1. The van der Waals surface area contributed by atoms with E-state index in [1.165, 1.54) is 25.2 Å². The van der Waals surface area contributed by atoms with E-state index in [0.717, 1.165) is 10.7 Å². The van der Waals surface area contributed by atoms with Crippen LogP contribution in [0, 0.1) is 6.92 Å². The van der Waals surface area contributed by atoms with Gasteiger partial charge in [-0.3, -0.25) is 4.79 Å². The summed E-state index contributed by atoms with van der Waals surface area (Å²) in [5.74, 6) is -0.386. The van der Waals surface area contributed by atoms with Gasteiger partial charge in [0.1, 0.15) is 5.60 Å². The van der Waals surface area contributed by atoms with E-state index in [9.17, 15) is 9.90 Å². The van der Waals surface area contributed by atoms with Crippen molar-refractivity contribution in [3.05, 3.63) is 16.1 Å². The van der Waals surface area contributed by atoms with Crippen LogP contribution < -0.4 is 5.32 Å². The second-order valence-electron chi connectivity index (χ2n) is 3.60. The van der Waals surface area contributed by atoms with Crippen molar-refractivity contribution >= 4 is 17.2 Å². The van der Waals surface area contributed by atoms with Crippen LogP contribution in [0.15, 0.2) is 5.38 Å². The van der Waals surface area contributed by atoms with Gasteiger partial charge in [0.15, 0.2) is 0 Å². The minimum absolute atomic E-state index is 0.368. The number of hydrogen-bond acceptors (Lipinski definition) is 4. The van der Waals surface area contributed by atoms with E-state index in [1.54, 1.807) is 0 Å². The van der Waals surface area contributed by atoms with Crippen LogP contribution in [0.2, 0.25) is 0 Å². The lowest BCUT2D eigenvalue weighted by Crippen LogP contribution is -2.41. The molecule has 0 aliphatic rings. The minimum atomic E-state index is -1.33. The lowest BCUT2D eigenvalue weighted by Gasteiger charge is -2.15. The molecule has 0 spiro atoms. The van der Waals surface area contributed by atoms with Gasteiger partial charge in [0, 0.05) is 5.38 Å². The highest BCUT2D eigenvalue weighted by Crippen LogP contribution is 2.08. The van der Waals surface area contributed by atoms with Crippen LogP contribution in [0.5, 0.6) is 0 Å². The Hall–Kier alpha value is -0.940. The Morgan fingerprint density at radius 1 is 1.71 bits per heavy atom. The zero-order valence-corrected chi connectivity index (χ0v) is 9.31. The summed E-state index contributed by atoms with van der Waals surface area (Å²) in [5, 5.41) is 14.8. The van der Waals surface area contributed by atoms with E-state index in [1.807, 2.05) is 12.3 Å². The molecule has 0 radical (unpaired) electrons. The average Bonchev–Trinajstić information content (AvgIpc) is 2.45. The summed E-state index contributed by atoms with van der Waals surface area (Å²) in [7, 11) is 0. The van der Waals surface area contributed by atoms with Gasteiger partial charge in [-0.2, -0.15) is 0 Å². The van der Waals surface area contributed by atoms with Gasteiger partial charge in [-0.05, 0) is 20.8 Å². The van der Waals surface area contributed by atoms with Crippen molar-refractivity contribution in [3.8, 4) is 0 Å². The highest BCUT2D eigenvalue weighted by Gasteiger charge is 2.23. The van der Waals surface area contributed by atoms with Gasteiger partial charge in [-0.15, -0.1) is 11.3 Å². The molecule has 0 unspecified atom stereocenters. The molecule has 14 heavy (non-hydrogen) atoms. The number of aromatic nitrogens is 1. The number of nitrogens with one attached hydrogen (secondary N) is 1. The molecule has 0 fully saturated rings. The molecule has 78 valence electrons. The Morgan fingerprint density at radius 3 is 2.79 bits per heavy atom. The lowest BCUT2D eigenvalue weighted by molar-refractivity contribution is -0.136. The van der Waals surface area contributed by atoms with Crippen LogP contribution in [0.3, 0.4) is 0 Å². The first kappa shape index (κ1) is 11.1. The maximum Gasteiger partial charge on any atom is 0.251 e. The first-order valence-corrected chi connectivity index (χ1v) is 5.19. The molecule has 1 aromatic rings. The molecule has 0 saturated carbocycles. The zero-order valence-electron chi connectivity index (χ0n) is 8.50. The normalized spacial score (nSPS) is 11.4. The fourth-order valence-electron chi connectivity index (χ4n) is 0.877. The van der Waals surface area contributed by atoms with Crippen LogP contribution >= 0.6 is 11.3 Å². The largest absolute Gasteiger partial charge is 0.381 e. The SMILES string of the molecule is Cc1nc(CNC(=O)C(C)(C)O)cs1. The first-order valence-electron chi connectivity index (χ1n) is 4.31. The number of thiazole rings is 1. The number of nitrogens with zero attached hydrogens (tertiary/aromatic N) is 1. The number of carbonyl (C=O) groups excluding carboxylic acids is 1. The third-order valence-corrected chi connectivity index (χ3v) is 2.47. The summed E-state index contributed by atoms with van der Waals surface area (Å²) >= 11 is 1.54. The molecule has 4 nitrogen and oxygen atoms in total. The molecule has 5 heteroatoms. The second-order valence-corrected chi connectivity index (χ2v) is 4.66. The highest BCUT2D eigenvalue weighted by atomic mass is 32.1. The molecule has 1 amide bonds. The number of aryl methyl sites for hydroxylation is 1. The van der Waals surface area contributed by atoms with E-state index in [-0.39, 0.29) is 5.91 Å². The van der Waals surface area contributed by atoms with E-state index >= 15 is 0 Å². The third kappa shape index (κ3) is 3.08. The number of rotatable bonds is 3. The maximum absolute atomic E-state index is 11.3. The molecule has 1 rings (SSSR count). The van der Waals surface area contributed by atoms with Crippen molar-refractivity contribution in [2.45, 2.75) is 32.9 Å². The van der Waals surface area contributed by atoms with Crippen LogP contribution in [0.25, 0.3) is 0 Å². The summed E-state index contributed by atoms with van der Waals surface area (Å²) in [5.41, 5.74) is -0.504. The number of hydrogen-bond donors (Lipinski definition) is 2. The molecule has 2 N–H and O–H groups in total. The summed E-state index contributed by atoms with van der Waals surface area (Å²) < 4.78 is 0. The maximum atomic E-state index is 11.3. The summed E-state index contributed by atoms with van der Waals surface area (Å²) in [4.78, 5) is 15.4. The van der Waals surface area contributed by atoms with E-state index in [2.05, 4.69) is 10.3 Å². The molecule has 0 aromatic carbocycles. The Balaban J connectivity index is 2.46. The van der Waals surface area contributed by atoms with Crippen molar-refractivity contribution < 1.29 is 9.90 Å². The molecule has 0 aliphatic carbocycles. The topological polar surface area (TPSA) is 62.2 Å². The van der Waals surface area contributed by atoms with Gasteiger partial charge in [-0.1, -0.05) is 0 Å². The molecule has 0 saturated heterocycles.